The van der Waals surface area contributed by atoms with Crippen molar-refractivity contribution in [3.63, 3.8) is 0 Å². The first-order valence-corrected chi connectivity index (χ1v) is 5.09. The van der Waals surface area contributed by atoms with Gasteiger partial charge < -0.3 is 0 Å². The maximum Gasteiger partial charge on any atom is 0.366 e. The van der Waals surface area contributed by atoms with Crippen LogP contribution in [0.5, 0.6) is 0 Å². The number of fused-ring (bicyclic) bond motifs is 1. The molecule has 0 aromatic carbocycles. The molecule has 2 rings (SSSR count). The Morgan fingerprint density at radius 1 is 1.47 bits per heavy atom. The van der Waals surface area contributed by atoms with Crippen molar-refractivity contribution in [1.29, 1.82) is 0 Å². The molecule has 0 saturated carbocycles. The van der Waals surface area contributed by atoms with E-state index >= 15 is 0 Å². The van der Waals surface area contributed by atoms with Gasteiger partial charge in [0.2, 0.25) is 0 Å². The summed E-state index contributed by atoms with van der Waals surface area (Å²) in [6.45, 7) is 5.96. The van der Waals surface area contributed by atoms with Gasteiger partial charge in [0.05, 0.1) is 6.04 Å². The zero-order chi connectivity index (χ0) is 11.0. The third kappa shape index (κ3) is 1.54. The summed E-state index contributed by atoms with van der Waals surface area (Å²) in [5, 5.41) is 0. The molecule has 0 atom stereocenters. The largest absolute Gasteiger partial charge is 0.366 e. The fourth-order valence-electron chi connectivity index (χ4n) is 1.57. The van der Waals surface area contributed by atoms with Gasteiger partial charge in [-0.1, -0.05) is 6.92 Å². The normalized spacial score (nSPS) is 11.5. The van der Waals surface area contributed by atoms with Crippen LogP contribution in [-0.4, -0.2) is 19.2 Å². The van der Waals surface area contributed by atoms with Gasteiger partial charge in [-0.15, -0.1) is 0 Å². The Morgan fingerprint density at radius 2 is 2.20 bits per heavy atom. The summed E-state index contributed by atoms with van der Waals surface area (Å²) in [7, 11) is 0. The number of rotatable bonds is 2. The second-order valence-corrected chi connectivity index (χ2v) is 3.79. The van der Waals surface area contributed by atoms with Crippen molar-refractivity contribution >= 4 is 5.78 Å². The summed E-state index contributed by atoms with van der Waals surface area (Å²) in [5.41, 5.74) is 0.847. The summed E-state index contributed by atoms with van der Waals surface area (Å²) in [6, 6.07) is 0.0846. The van der Waals surface area contributed by atoms with Crippen molar-refractivity contribution in [1.82, 2.24) is 19.2 Å². The summed E-state index contributed by atoms with van der Waals surface area (Å²) in [4.78, 5) is 19.6. The highest BCUT2D eigenvalue weighted by Crippen LogP contribution is 2.04. The predicted molar refractivity (Wildman–Crippen MR) is 57.0 cm³/mol. The number of aryl methyl sites for hydroxylation is 1. The van der Waals surface area contributed by atoms with Gasteiger partial charge in [-0.05, 0) is 25.8 Å². The molecular formula is C10H14N4O. The van der Waals surface area contributed by atoms with Gasteiger partial charge in [-0.25, -0.2) is 19.0 Å². The third-order valence-electron chi connectivity index (χ3n) is 2.36. The Morgan fingerprint density at radius 3 is 2.80 bits per heavy atom. The molecule has 2 aromatic heterocycles. The quantitative estimate of drug-likeness (QED) is 0.737. The van der Waals surface area contributed by atoms with Crippen LogP contribution in [0.1, 0.15) is 32.4 Å². The lowest BCUT2D eigenvalue weighted by Crippen LogP contribution is -2.22. The lowest BCUT2D eigenvalue weighted by molar-refractivity contribution is 0.484. The Hall–Kier alpha value is -1.65. The summed E-state index contributed by atoms with van der Waals surface area (Å²) in [5.74, 6) is 0.464. The second kappa shape index (κ2) is 3.49. The van der Waals surface area contributed by atoms with Crippen molar-refractivity contribution < 1.29 is 0 Å². The van der Waals surface area contributed by atoms with Gasteiger partial charge in [0.1, 0.15) is 0 Å². The van der Waals surface area contributed by atoms with E-state index in [-0.39, 0.29) is 11.7 Å². The zero-order valence-corrected chi connectivity index (χ0v) is 9.14. The van der Waals surface area contributed by atoms with Crippen molar-refractivity contribution in [3.05, 3.63) is 28.4 Å². The number of aromatic nitrogens is 4. The molecule has 2 heterocycles. The van der Waals surface area contributed by atoms with Crippen LogP contribution in [0.25, 0.3) is 5.78 Å². The topological polar surface area (TPSA) is 52.2 Å². The lowest BCUT2D eigenvalue weighted by Gasteiger charge is -2.08. The van der Waals surface area contributed by atoms with Gasteiger partial charge in [0.25, 0.3) is 5.78 Å². The van der Waals surface area contributed by atoms with Crippen molar-refractivity contribution in [2.24, 2.45) is 0 Å². The molecule has 0 aliphatic carbocycles. The predicted octanol–water partition coefficient (Wildman–Crippen LogP) is 1.03. The summed E-state index contributed by atoms with van der Waals surface area (Å²) in [6.07, 6.45) is 4.57. The molecule has 15 heavy (non-hydrogen) atoms. The van der Waals surface area contributed by atoms with Crippen LogP contribution in [0.15, 0.2) is 17.2 Å². The SMILES string of the molecule is CCc1cnc2nc(=O)n(C(C)C)n2c1. The number of hydrogen-bond donors (Lipinski definition) is 0. The van der Waals surface area contributed by atoms with Crippen LogP contribution in [0.4, 0.5) is 0 Å². The van der Waals surface area contributed by atoms with E-state index in [2.05, 4.69) is 16.9 Å². The van der Waals surface area contributed by atoms with Crippen LogP contribution in [0.3, 0.4) is 0 Å². The van der Waals surface area contributed by atoms with Gasteiger partial charge in [-0.3, -0.25) is 0 Å². The fourth-order valence-corrected chi connectivity index (χ4v) is 1.57. The molecule has 0 spiro atoms. The van der Waals surface area contributed by atoms with Crippen molar-refractivity contribution in [2.45, 2.75) is 33.2 Å². The van der Waals surface area contributed by atoms with Crippen LogP contribution in [-0.2, 0) is 6.42 Å². The molecule has 2 aromatic rings. The van der Waals surface area contributed by atoms with Gasteiger partial charge in [0.15, 0.2) is 0 Å². The highest BCUT2D eigenvalue weighted by Gasteiger charge is 2.10. The molecule has 0 unspecified atom stereocenters. The molecule has 5 heteroatoms. The van der Waals surface area contributed by atoms with E-state index in [1.54, 1.807) is 15.4 Å². The first-order valence-electron chi connectivity index (χ1n) is 5.09. The molecule has 0 aliphatic rings. The van der Waals surface area contributed by atoms with E-state index in [0.717, 1.165) is 12.0 Å². The van der Waals surface area contributed by atoms with E-state index in [1.165, 1.54) is 0 Å². The van der Waals surface area contributed by atoms with E-state index < -0.39 is 0 Å². The van der Waals surface area contributed by atoms with Gasteiger partial charge >= 0.3 is 5.69 Å². The molecule has 0 amide bonds. The Kier molecular flexibility index (Phi) is 2.30. The van der Waals surface area contributed by atoms with Crippen LogP contribution < -0.4 is 5.69 Å². The Bertz CT molecular complexity index is 538. The number of nitrogens with zero attached hydrogens (tertiary/aromatic N) is 4. The molecule has 0 bridgehead atoms. The molecule has 0 radical (unpaired) electrons. The lowest BCUT2D eigenvalue weighted by atomic mass is 10.3. The molecular weight excluding hydrogens is 192 g/mol. The minimum atomic E-state index is -0.245. The molecule has 80 valence electrons. The Balaban J connectivity index is 2.78. The fraction of sp³-hybridized carbons (Fsp3) is 0.500. The second-order valence-electron chi connectivity index (χ2n) is 3.79. The third-order valence-corrected chi connectivity index (χ3v) is 2.36. The van der Waals surface area contributed by atoms with Gasteiger partial charge in [-0.2, -0.15) is 4.98 Å². The maximum atomic E-state index is 11.6. The standard InChI is InChI=1S/C10H14N4O/c1-4-8-5-11-9-12-10(15)14(7(2)3)13(9)6-8/h5-7H,4H2,1-3H3. The van der Waals surface area contributed by atoms with Crippen LogP contribution in [0, 0.1) is 0 Å². The summed E-state index contributed by atoms with van der Waals surface area (Å²) < 4.78 is 3.33. The Labute approximate surface area is 87.4 Å². The highest BCUT2D eigenvalue weighted by molar-refractivity contribution is 5.26. The average Bonchev–Trinajstić information content (AvgIpc) is 2.52. The van der Waals surface area contributed by atoms with Crippen molar-refractivity contribution in [2.75, 3.05) is 0 Å². The first kappa shape index (κ1) is 9.89. The number of hydrogen-bond acceptors (Lipinski definition) is 3. The average molecular weight is 206 g/mol. The molecule has 0 fully saturated rings. The van der Waals surface area contributed by atoms with Crippen molar-refractivity contribution in [3.8, 4) is 0 Å². The molecule has 0 N–H and O–H groups in total. The van der Waals surface area contributed by atoms with E-state index in [0.29, 0.717) is 5.78 Å². The van der Waals surface area contributed by atoms with Crippen LogP contribution >= 0.6 is 0 Å². The van der Waals surface area contributed by atoms with Gasteiger partial charge in [0, 0.05) is 12.4 Å². The molecule has 5 nitrogen and oxygen atoms in total. The van der Waals surface area contributed by atoms with E-state index in [4.69, 9.17) is 0 Å². The van der Waals surface area contributed by atoms with E-state index in [1.807, 2.05) is 20.0 Å². The highest BCUT2D eigenvalue weighted by atomic mass is 16.2. The molecule has 0 aliphatic heterocycles. The van der Waals surface area contributed by atoms with E-state index in [9.17, 15) is 4.79 Å². The molecule has 0 saturated heterocycles. The smallest absolute Gasteiger partial charge is 0.244 e. The summed E-state index contributed by atoms with van der Waals surface area (Å²) >= 11 is 0. The maximum absolute atomic E-state index is 11.6. The minimum absolute atomic E-state index is 0.0846. The van der Waals surface area contributed by atoms with Crippen LogP contribution in [0.2, 0.25) is 0 Å². The minimum Gasteiger partial charge on any atom is -0.244 e. The first-order chi connectivity index (χ1) is 7.13. The monoisotopic (exact) mass is 206 g/mol. The zero-order valence-electron chi connectivity index (χ0n) is 9.14.